The minimum atomic E-state index is -3.55. The number of carbonyl (C=O) groups excluding carboxylic acids is 1. The normalized spacial score (nSPS) is 14.7. The van der Waals surface area contributed by atoms with Crippen LogP contribution in [0.5, 0.6) is 0 Å². The van der Waals surface area contributed by atoms with Crippen LogP contribution in [0, 0.1) is 0 Å². The first-order valence-corrected chi connectivity index (χ1v) is 9.58. The van der Waals surface area contributed by atoms with Crippen molar-refractivity contribution in [1.82, 2.24) is 5.43 Å². The predicted octanol–water partition coefficient (Wildman–Crippen LogP) is 2.26. The van der Waals surface area contributed by atoms with Crippen LogP contribution >= 0.6 is 15.9 Å². The van der Waals surface area contributed by atoms with E-state index in [1.165, 1.54) is 0 Å². The Morgan fingerprint density at radius 1 is 1.27 bits per heavy atom. The quantitative estimate of drug-likeness (QED) is 0.786. The number of benzene rings is 1. The van der Waals surface area contributed by atoms with E-state index in [1.807, 2.05) is 0 Å². The molecule has 1 aliphatic rings. The van der Waals surface area contributed by atoms with Gasteiger partial charge in [-0.25, -0.2) is 13.8 Å². The molecule has 1 aromatic rings. The molecular formula is C14H18BrN3O3S. The molecule has 1 saturated carbocycles. The molecule has 120 valence electrons. The number of rotatable bonds is 5. The summed E-state index contributed by atoms with van der Waals surface area (Å²) in [6.07, 6.45) is 5.03. The first-order valence-electron chi connectivity index (χ1n) is 6.94. The topological polar surface area (TPSA) is 78.8 Å². The molecule has 0 spiro atoms. The van der Waals surface area contributed by atoms with Gasteiger partial charge in [0.2, 0.25) is 10.0 Å². The van der Waals surface area contributed by atoms with Crippen molar-refractivity contribution in [2.75, 3.05) is 17.1 Å². The fourth-order valence-electron chi connectivity index (χ4n) is 2.21. The smallest absolute Gasteiger partial charge is 0.260 e. The molecule has 1 amide bonds. The SMILES string of the molecule is CS(=O)(=O)N(CC(=O)NN=C1CCCC1)c1ccc(Br)cc1. The second-order valence-corrected chi connectivity index (χ2v) is 7.99. The minimum Gasteiger partial charge on any atom is -0.271 e. The number of nitrogens with zero attached hydrogens (tertiary/aromatic N) is 2. The summed E-state index contributed by atoms with van der Waals surface area (Å²) in [7, 11) is -3.55. The molecule has 0 atom stereocenters. The average molecular weight is 388 g/mol. The predicted molar refractivity (Wildman–Crippen MR) is 90.4 cm³/mol. The molecule has 0 aromatic heterocycles. The maximum Gasteiger partial charge on any atom is 0.260 e. The van der Waals surface area contributed by atoms with Gasteiger partial charge in [0.1, 0.15) is 6.54 Å². The minimum absolute atomic E-state index is 0.294. The molecule has 1 fully saturated rings. The number of carbonyl (C=O) groups is 1. The van der Waals surface area contributed by atoms with Crippen molar-refractivity contribution >= 4 is 43.3 Å². The van der Waals surface area contributed by atoms with Crippen LogP contribution in [-0.2, 0) is 14.8 Å². The van der Waals surface area contributed by atoms with Gasteiger partial charge in [-0.1, -0.05) is 15.9 Å². The number of hydrogen-bond acceptors (Lipinski definition) is 4. The average Bonchev–Trinajstić information content (AvgIpc) is 2.96. The third-order valence-electron chi connectivity index (χ3n) is 3.32. The van der Waals surface area contributed by atoms with Crippen LogP contribution in [0.25, 0.3) is 0 Å². The van der Waals surface area contributed by atoms with Gasteiger partial charge in [0.05, 0.1) is 11.9 Å². The summed E-state index contributed by atoms with van der Waals surface area (Å²) < 4.78 is 25.7. The van der Waals surface area contributed by atoms with Gasteiger partial charge in [0, 0.05) is 10.2 Å². The van der Waals surface area contributed by atoms with Crippen molar-refractivity contribution in [3.63, 3.8) is 0 Å². The Morgan fingerprint density at radius 3 is 2.41 bits per heavy atom. The third kappa shape index (κ3) is 4.81. The Hall–Kier alpha value is -1.41. The Morgan fingerprint density at radius 2 is 1.86 bits per heavy atom. The van der Waals surface area contributed by atoms with Gasteiger partial charge in [-0.3, -0.25) is 9.10 Å². The summed E-state index contributed by atoms with van der Waals surface area (Å²) in [6.45, 7) is -0.294. The molecular weight excluding hydrogens is 370 g/mol. The Balaban J connectivity index is 2.08. The zero-order valence-corrected chi connectivity index (χ0v) is 14.7. The van der Waals surface area contributed by atoms with Gasteiger partial charge in [-0.15, -0.1) is 0 Å². The first-order chi connectivity index (χ1) is 10.4. The van der Waals surface area contributed by atoms with Crippen LogP contribution in [0.4, 0.5) is 5.69 Å². The number of amides is 1. The van der Waals surface area contributed by atoms with Crippen molar-refractivity contribution in [1.29, 1.82) is 0 Å². The van der Waals surface area contributed by atoms with Gasteiger partial charge in [-0.05, 0) is 49.9 Å². The number of nitrogens with one attached hydrogen (secondary N) is 1. The number of hydrogen-bond donors (Lipinski definition) is 1. The lowest BCUT2D eigenvalue weighted by Crippen LogP contribution is -2.39. The molecule has 0 bridgehead atoms. The van der Waals surface area contributed by atoms with Gasteiger partial charge >= 0.3 is 0 Å². The van der Waals surface area contributed by atoms with Crippen LogP contribution in [0.1, 0.15) is 25.7 Å². The lowest BCUT2D eigenvalue weighted by Gasteiger charge is -2.21. The van der Waals surface area contributed by atoms with E-state index in [-0.39, 0.29) is 6.54 Å². The summed E-state index contributed by atoms with van der Waals surface area (Å²) in [5, 5.41) is 4.05. The molecule has 2 rings (SSSR count). The molecule has 1 aromatic carbocycles. The highest BCUT2D eigenvalue weighted by molar-refractivity contribution is 9.10. The Bertz CT molecular complexity index is 663. The molecule has 22 heavy (non-hydrogen) atoms. The zero-order chi connectivity index (χ0) is 16.2. The van der Waals surface area contributed by atoms with E-state index < -0.39 is 15.9 Å². The van der Waals surface area contributed by atoms with Gasteiger partial charge in [-0.2, -0.15) is 5.10 Å². The lowest BCUT2D eigenvalue weighted by molar-refractivity contribution is -0.119. The molecule has 1 N–H and O–H groups in total. The van der Waals surface area contributed by atoms with Crippen LogP contribution in [-0.4, -0.2) is 32.8 Å². The molecule has 1 aliphatic carbocycles. The van der Waals surface area contributed by atoms with Gasteiger partial charge in [0.15, 0.2) is 0 Å². The summed E-state index contributed by atoms with van der Waals surface area (Å²) in [5.41, 5.74) is 3.84. The van der Waals surface area contributed by atoms with Crippen LogP contribution < -0.4 is 9.73 Å². The van der Waals surface area contributed by atoms with E-state index in [2.05, 4.69) is 26.5 Å². The van der Waals surface area contributed by atoms with Crippen LogP contribution in [0.2, 0.25) is 0 Å². The fourth-order valence-corrected chi connectivity index (χ4v) is 3.33. The van der Waals surface area contributed by atoms with E-state index in [0.29, 0.717) is 5.69 Å². The van der Waals surface area contributed by atoms with Crippen molar-refractivity contribution in [2.45, 2.75) is 25.7 Å². The highest BCUT2D eigenvalue weighted by Gasteiger charge is 2.20. The van der Waals surface area contributed by atoms with Gasteiger partial charge in [0.25, 0.3) is 5.91 Å². The van der Waals surface area contributed by atoms with E-state index >= 15 is 0 Å². The highest BCUT2D eigenvalue weighted by Crippen LogP contribution is 2.20. The third-order valence-corrected chi connectivity index (χ3v) is 4.99. The van der Waals surface area contributed by atoms with Crippen molar-refractivity contribution in [3.8, 4) is 0 Å². The van der Waals surface area contributed by atoms with Gasteiger partial charge < -0.3 is 0 Å². The Kier molecular flexibility index (Phi) is 5.57. The number of hydrazone groups is 1. The molecule has 0 unspecified atom stereocenters. The number of anilines is 1. The standard InChI is InChI=1S/C14H18BrN3O3S/c1-22(20,21)18(13-8-6-11(15)7-9-13)10-14(19)17-16-12-4-2-3-5-12/h6-9H,2-5,10H2,1H3,(H,17,19). The first kappa shape index (κ1) is 17.0. The van der Waals surface area contributed by atoms with Crippen molar-refractivity contribution in [2.24, 2.45) is 5.10 Å². The molecule has 6 nitrogen and oxygen atoms in total. The molecule has 0 radical (unpaired) electrons. The summed E-state index contributed by atoms with van der Waals surface area (Å²) in [4.78, 5) is 12.0. The number of sulfonamides is 1. The molecule has 0 heterocycles. The maximum absolute atomic E-state index is 12.0. The van der Waals surface area contributed by atoms with E-state index in [4.69, 9.17) is 0 Å². The highest BCUT2D eigenvalue weighted by atomic mass is 79.9. The zero-order valence-electron chi connectivity index (χ0n) is 12.3. The van der Waals surface area contributed by atoms with Crippen molar-refractivity contribution < 1.29 is 13.2 Å². The van der Waals surface area contributed by atoms with Crippen LogP contribution in [0.3, 0.4) is 0 Å². The second kappa shape index (κ2) is 7.23. The van der Waals surface area contributed by atoms with E-state index in [1.54, 1.807) is 24.3 Å². The van der Waals surface area contributed by atoms with Crippen molar-refractivity contribution in [3.05, 3.63) is 28.7 Å². The number of halogens is 1. The summed E-state index contributed by atoms with van der Waals surface area (Å²) in [6, 6.07) is 6.73. The molecule has 0 aliphatic heterocycles. The molecule has 0 saturated heterocycles. The summed E-state index contributed by atoms with van der Waals surface area (Å²) >= 11 is 3.29. The largest absolute Gasteiger partial charge is 0.271 e. The second-order valence-electron chi connectivity index (χ2n) is 5.17. The maximum atomic E-state index is 12.0. The monoisotopic (exact) mass is 387 g/mol. The Labute approximate surface area is 138 Å². The lowest BCUT2D eigenvalue weighted by atomic mass is 10.3. The molecule has 8 heteroatoms. The van der Waals surface area contributed by atoms with E-state index in [9.17, 15) is 13.2 Å². The fraction of sp³-hybridized carbons (Fsp3) is 0.429. The van der Waals surface area contributed by atoms with Crippen LogP contribution in [0.15, 0.2) is 33.8 Å². The summed E-state index contributed by atoms with van der Waals surface area (Å²) in [5.74, 6) is -0.451. The van der Waals surface area contributed by atoms with E-state index in [0.717, 1.165) is 46.4 Å².